The lowest BCUT2D eigenvalue weighted by Gasteiger charge is -2.09. The van der Waals surface area contributed by atoms with E-state index in [2.05, 4.69) is 25.5 Å². The zero-order chi connectivity index (χ0) is 21.8. The predicted molar refractivity (Wildman–Crippen MR) is 115 cm³/mol. The second-order valence-electron chi connectivity index (χ2n) is 6.80. The molecule has 0 radical (unpaired) electrons. The molecule has 4 rings (SSSR count). The molecule has 0 amide bonds. The summed E-state index contributed by atoms with van der Waals surface area (Å²) in [6.07, 6.45) is 0. The lowest BCUT2D eigenvalue weighted by atomic mass is 10.1. The van der Waals surface area contributed by atoms with Gasteiger partial charge in [-0.2, -0.15) is 0 Å². The molecule has 2 heterocycles. The number of hydrogen-bond donors (Lipinski definition) is 1. The summed E-state index contributed by atoms with van der Waals surface area (Å²) in [5.41, 5.74) is 3.58. The zero-order valence-corrected chi connectivity index (χ0v) is 16.8. The van der Waals surface area contributed by atoms with Crippen molar-refractivity contribution in [2.45, 2.75) is 13.8 Å². The van der Waals surface area contributed by atoms with Crippen molar-refractivity contribution in [3.8, 4) is 23.0 Å². The van der Waals surface area contributed by atoms with Crippen LogP contribution in [0, 0.1) is 24.0 Å². The minimum Gasteiger partial charge on any atom is -0.424 e. The molecular formula is C22H18N6O3. The van der Waals surface area contributed by atoms with Crippen molar-refractivity contribution in [2.24, 2.45) is 0 Å². The van der Waals surface area contributed by atoms with Crippen molar-refractivity contribution in [3.05, 3.63) is 88.2 Å². The highest BCUT2D eigenvalue weighted by molar-refractivity contribution is 5.64. The van der Waals surface area contributed by atoms with Gasteiger partial charge in [-0.15, -0.1) is 10.2 Å². The monoisotopic (exact) mass is 414 g/mol. The van der Waals surface area contributed by atoms with E-state index < -0.39 is 4.92 Å². The van der Waals surface area contributed by atoms with E-state index >= 15 is 0 Å². The van der Waals surface area contributed by atoms with Crippen LogP contribution in [0.2, 0.25) is 0 Å². The first-order chi connectivity index (χ1) is 15.0. The molecule has 31 heavy (non-hydrogen) atoms. The second kappa shape index (κ2) is 8.54. The first-order valence-electron chi connectivity index (χ1n) is 9.42. The number of nitrogens with zero attached hydrogens (tertiary/aromatic N) is 5. The SMILES string of the molecule is Cc1cc(C)nc(Oc2cccc(Nc3ccc(-c4cccc([N+](=O)[O-])c4)nn3)c2)n1. The number of rotatable bonds is 6. The fourth-order valence-corrected chi connectivity index (χ4v) is 2.96. The first-order valence-corrected chi connectivity index (χ1v) is 9.42. The molecule has 2 aromatic carbocycles. The molecule has 0 saturated heterocycles. The van der Waals surface area contributed by atoms with Crippen LogP contribution in [0.3, 0.4) is 0 Å². The van der Waals surface area contributed by atoms with Crippen molar-refractivity contribution in [1.82, 2.24) is 20.2 Å². The number of anilines is 2. The number of nitro benzene ring substituents is 1. The number of hydrogen-bond acceptors (Lipinski definition) is 8. The Bertz CT molecular complexity index is 1220. The van der Waals surface area contributed by atoms with E-state index in [0.717, 1.165) is 17.1 Å². The van der Waals surface area contributed by atoms with E-state index in [9.17, 15) is 10.1 Å². The van der Waals surface area contributed by atoms with Gasteiger partial charge in [-0.1, -0.05) is 18.2 Å². The Morgan fingerprint density at radius 1 is 0.903 bits per heavy atom. The number of ether oxygens (including phenoxy) is 1. The van der Waals surface area contributed by atoms with Crippen molar-refractivity contribution >= 4 is 17.2 Å². The molecule has 0 aliphatic carbocycles. The molecule has 0 aliphatic heterocycles. The highest BCUT2D eigenvalue weighted by Gasteiger charge is 2.09. The van der Waals surface area contributed by atoms with Gasteiger partial charge in [0.15, 0.2) is 5.82 Å². The minimum absolute atomic E-state index is 0.00565. The van der Waals surface area contributed by atoms with Gasteiger partial charge < -0.3 is 10.1 Å². The topological polar surface area (TPSA) is 116 Å². The zero-order valence-electron chi connectivity index (χ0n) is 16.8. The standard InChI is InChI=1S/C22H18N6O3/c1-14-11-15(2)24-22(23-14)31-19-8-4-6-17(13-19)25-21-10-9-20(26-27-21)16-5-3-7-18(12-16)28(29)30/h3-13H,1-2H3,(H,25,27). The highest BCUT2D eigenvalue weighted by Crippen LogP contribution is 2.25. The van der Waals surface area contributed by atoms with Crippen LogP contribution in [0.25, 0.3) is 11.3 Å². The van der Waals surface area contributed by atoms with Gasteiger partial charge in [-0.3, -0.25) is 10.1 Å². The third-order valence-corrected chi connectivity index (χ3v) is 4.29. The van der Waals surface area contributed by atoms with Gasteiger partial charge >= 0.3 is 6.01 Å². The van der Waals surface area contributed by atoms with E-state index in [0.29, 0.717) is 22.8 Å². The van der Waals surface area contributed by atoms with Crippen molar-refractivity contribution in [2.75, 3.05) is 5.32 Å². The van der Waals surface area contributed by atoms with Gasteiger partial charge in [0.1, 0.15) is 5.75 Å². The fourth-order valence-electron chi connectivity index (χ4n) is 2.96. The number of nitro groups is 1. The maximum Gasteiger partial charge on any atom is 0.322 e. The second-order valence-corrected chi connectivity index (χ2v) is 6.80. The Labute approximate surface area is 177 Å². The molecule has 0 fully saturated rings. The van der Waals surface area contributed by atoms with Crippen molar-refractivity contribution in [3.63, 3.8) is 0 Å². The van der Waals surface area contributed by atoms with Crippen molar-refractivity contribution < 1.29 is 9.66 Å². The molecule has 1 N–H and O–H groups in total. The van der Waals surface area contributed by atoms with Gasteiger partial charge in [0.25, 0.3) is 5.69 Å². The molecule has 154 valence electrons. The minimum atomic E-state index is -0.439. The average molecular weight is 414 g/mol. The molecule has 0 atom stereocenters. The molecule has 0 saturated carbocycles. The van der Waals surface area contributed by atoms with Gasteiger partial charge in [0, 0.05) is 40.8 Å². The maximum absolute atomic E-state index is 11.0. The lowest BCUT2D eigenvalue weighted by molar-refractivity contribution is -0.384. The molecule has 9 nitrogen and oxygen atoms in total. The summed E-state index contributed by atoms with van der Waals surface area (Å²) >= 11 is 0. The largest absolute Gasteiger partial charge is 0.424 e. The number of aromatic nitrogens is 4. The number of aryl methyl sites for hydroxylation is 2. The summed E-state index contributed by atoms with van der Waals surface area (Å²) in [5.74, 6) is 1.10. The Morgan fingerprint density at radius 2 is 1.68 bits per heavy atom. The fraction of sp³-hybridized carbons (Fsp3) is 0.0909. The lowest BCUT2D eigenvalue weighted by Crippen LogP contribution is -1.98. The molecule has 0 spiro atoms. The number of non-ortho nitro benzene ring substituents is 1. The highest BCUT2D eigenvalue weighted by atomic mass is 16.6. The summed E-state index contributed by atoms with van der Waals surface area (Å²) in [6.45, 7) is 3.77. The van der Waals surface area contributed by atoms with E-state index in [-0.39, 0.29) is 11.7 Å². The first kappa shape index (κ1) is 19.9. The quantitative estimate of drug-likeness (QED) is 0.346. The summed E-state index contributed by atoms with van der Waals surface area (Å²) < 4.78 is 5.77. The van der Waals surface area contributed by atoms with Gasteiger partial charge in [0.05, 0.1) is 10.6 Å². The molecule has 9 heteroatoms. The molecule has 4 aromatic rings. The molecule has 2 aromatic heterocycles. The Morgan fingerprint density at radius 3 is 2.39 bits per heavy atom. The van der Waals surface area contributed by atoms with Crippen LogP contribution in [0.4, 0.5) is 17.2 Å². The van der Waals surface area contributed by atoms with Crippen LogP contribution >= 0.6 is 0 Å². The molecule has 0 unspecified atom stereocenters. The normalized spacial score (nSPS) is 10.5. The van der Waals surface area contributed by atoms with Gasteiger partial charge in [-0.05, 0) is 44.2 Å². The summed E-state index contributed by atoms with van der Waals surface area (Å²) in [4.78, 5) is 19.1. The van der Waals surface area contributed by atoms with E-state index in [1.807, 2.05) is 38.1 Å². The van der Waals surface area contributed by atoms with Crippen LogP contribution in [0.5, 0.6) is 11.8 Å². The van der Waals surface area contributed by atoms with E-state index in [1.165, 1.54) is 12.1 Å². The predicted octanol–water partition coefficient (Wildman–Crippen LogP) is 4.99. The maximum atomic E-state index is 11.0. The molecule has 0 aliphatic rings. The van der Waals surface area contributed by atoms with E-state index in [4.69, 9.17) is 4.74 Å². The third-order valence-electron chi connectivity index (χ3n) is 4.29. The summed E-state index contributed by atoms with van der Waals surface area (Å²) in [6, 6.07) is 19.2. The third kappa shape index (κ3) is 4.96. The Hall–Kier alpha value is -4.40. The number of benzene rings is 2. The Kier molecular flexibility index (Phi) is 5.48. The average Bonchev–Trinajstić information content (AvgIpc) is 2.74. The van der Waals surface area contributed by atoms with Crippen LogP contribution in [-0.4, -0.2) is 25.1 Å². The number of nitrogens with one attached hydrogen (secondary N) is 1. The molecule has 0 bridgehead atoms. The Balaban J connectivity index is 1.49. The van der Waals surface area contributed by atoms with Crippen LogP contribution < -0.4 is 10.1 Å². The van der Waals surface area contributed by atoms with Crippen LogP contribution in [-0.2, 0) is 0 Å². The van der Waals surface area contributed by atoms with Crippen LogP contribution in [0.1, 0.15) is 11.4 Å². The van der Waals surface area contributed by atoms with Crippen LogP contribution in [0.15, 0.2) is 66.7 Å². The summed E-state index contributed by atoms with van der Waals surface area (Å²) in [7, 11) is 0. The smallest absolute Gasteiger partial charge is 0.322 e. The van der Waals surface area contributed by atoms with E-state index in [1.54, 1.807) is 30.3 Å². The molecular weight excluding hydrogens is 396 g/mol. The van der Waals surface area contributed by atoms with Gasteiger partial charge in [-0.25, -0.2) is 9.97 Å². The summed E-state index contributed by atoms with van der Waals surface area (Å²) in [5, 5.41) is 22.5. The van der Waals surface area contributed by atoms with Crippen molar-refractivity contribution in [1.29, 1.82) is 0 Å². The van der Waals surface area contributed by atoms with Gasteiger partial charge in [0.2, 0.25) is 0 Å².